The molecule has 3 aromatic rings. The Morgan fingerprint density at radius 1 is 1.17 bits per heavy atom. The summed E-state index contributed by atoms with van der Waals surface area (Å²) >= 11 is 1.62. The largest absolute Gasteiger partial charge is 0.421 e. The molecular weight excluding hydrogens is 322 g/mol. The second kappa shape index (κ2) is 6.67. The van der Waals surface area contributed by atoms with E-state index in [1.807, 2.05) is 36.6 Å². The molecule has 0 unspecified atom stereocenters. The van der Waals surface area contributed by atoms with E-state index in [-0.39, 0.29) is 12.0 Å². The van der Waals surface area contributed by atoms with Crippen molar-refractivity contribution in [2.45, 2.75) is 25.4 Å². The number of hydrogen-bond acceptors (Lipinski definition) is 6. The van der Waals surface area contributed by atoms with E-state index < -0.39 is 0 Å². The molecule has 0 aliphatic carbocycles. The highest BCUT2D eigenvalue weighted by Crippen LogP contribution is 2.41. The van der Waals surface area contributed by atoms with E-state index in [2.05, 4.69) is 27.3 Å². The predicted octanol–water partition coefficient (Wildman–Crippen LogP) is 4.25. The zero-order chi connectivity index (χ0) is 16.4. The van der Waals surface area contributed by atoms with Crippen molar-refractivity contribution >= 4 is 23.5 Å². The maximum Gasteiger partial charge on any atom is 0.240 e. The molecule has 2 atom stereocenters. The Kier molecular flexibility index (Phi) is 4.23. The molecule has 0 spiro atoms. The van der Waals surface area contributed by atoms with Crippen molar-refractivity contribution in [1.29, 1.82) is 0 Å². The highest BCUT2D eigenvalue weighted by atomic mass is 32.1. The molecule has 1 saturated heterocycles. The van der Waals surface area contributed by atoms with E-state index in [9.17, 15) is 0 Å². The Bertz CT molecular complexity index is 841. The molecule has 6 heteroatoms. The molecule has 122 valence electrons. The molecule has 5 nitrogen and oxygen atoms in total. The van der Waals surface area contributed by atoms with Crippen molar-refractivity contribution in [1.82, 2.24) is 15.2 Å². The van der Waals surface area contributed by atoms with Gasteiger partial charge in [0.2, 0.25) is 11.8 Å². The number of rotatable bonds is 4. The van der Waals surface area contributed by atoms with Crippen molar-refractivity contribution < 1.29 is 9.15 Å². The minimum absolute atomic E-state index is 0.0235. The van der Waals surface area contributed by atoms with E-state index >= 15 is 0 Å². The van der Waals surface area contributed by atoms with Gasteiger partial charge in [0.15, 0.2) is 0 Å². The highest BCUT2D eigenvalue weighted by molar-refractivity contribution is 7.09. The first-order chi connectivity index (χ1) is 11.8. The molecule has 0 radical (unpaired) electrons. The lowest BCUT2D eigenvalue weighted by Crippen LogP contribution is -2.06. The third kappa shape index (κ3) is 3.16. The summed E-state index contributed by atoms with van der Waals surface area (Å²) in [7, 11) is 0. The summed E-state index contributed by atoms with van der Waals surface area (Å²) in [6, 6.07) is 10.2. The van der Waals surface area contributed by atoms with E-state index in [0.717, 1.165) is 22.7 Å². The van der Waals surface area contributed by atoms with Crippen molar-refractivity contribution in [3.63, 3.8) is 0 Å². The maximum absolute atomic E-state index is 5.89. The smallest absolute Gasteiger partial charge is 0.240 e. The number of ether oxygens (including phenoxy) is 1. The van der Waals surface area contributed by atoms with Gasteiger partial charge in [-0.3, -0.25) is 0 Å². The van der Waals surface area contributed by atoms with Gasteiger partial charge in [-0.25, -0.2) is 4.98 Å². The highest BCUT2D eigenvalue weighted by Gasteiger charge is 2.34. The normalized spacial score (nSPS) is 20.9. The van der Waals surface area contributed by atoms with Crippen LogP contribution in [0.25, 0.3) is 12.2 Å². The topological polar surface area (TPSA) is 61.0 Å². The first kappa shape index (κ1) is 15.2. The average Bonchev–Trinajstić information content (AvgIpc) is 3.34. The molecule has 1 aliphatic rings. The van der Waals surface area contributed by atoms with E-state index in [0.29, 0.717) is 18.4 Å². The number of aromatic nitrogens is 3. The third-order valence-corrected chi connectivity index (χ3v) is 4.82. The second-order valence-corrected chi connectivity index (χ2v) is 6.76. The lowest BCUT2D eigenvalue weighted by Gasteiger charge is -2.15. The van der Waals surface area contributed by atoms with Gasteiger partial charge in [0, 0.05) is 18.1 Å². The van der Waals surface area contributed by atoms with E-state index in [1.54, 1.807) is 17.4 Å². The Balaban J connectivity index is 1.52. The lowest BCUT2D eigenvalue weighted by atomic mass is 9.95. The molecule has 24 heavy (non-hydrogen) atoms. The van der Waals surface area contributed by atoms with Crippen LogP contribution in [-0.4, -0.2) is 21.8 Å². The van der Waals surface area contributed by atoms with Gasteiger partial charge in [0.05, 0.1) is 22.7 Å². The van der Waals surface area contributed by atoms with Crippen LogP contribution in [0.3, 0.4) is 0 Å². The van der Waals surface area contributed by atoms with Crippen LogP contribution in [0, 0.1) is 6.92 Å². The quantitative estimate of drug-likeness (QED) is 0.711. The molecule has 0 bridgehead atoms. The average molecular weight is 339 g/mol. The lowest BCUT2D eigenvalue weighted by molar-refractivity contribution is 0.0998. The van der Waals surface area contributed by atoms with Crippen molar-refractivity contribution in [3.8, 4) is 0 Å². The zero-order valence-electron chi connectivity index (χ0n) is 13.3. The van der Waals surface area contributed by atoms with Crippen LogP contribution >= 0.6 is 11.3 Å². The summed E-state index contributed by atoms with van der Waals surface area (Å²) in [5.74, 6) is 1.23. The summed E-state index contributed by atoms with van der Waals surface area (Å²) in [6.45, 7) is 2.69. The summed E-state index contributed by atoms with van der Waals surface area (Å²) in [5.41, 5.74) is 2.05. The zero-order valence-corrected chi connectivity index (χ0v) is 14.1. The molecule has 3 heterocycles. The maximum atomic E-state index is 5.89. The summed E-state index contributed by atoms with van der Waals surface area (Å²) in [6.07, 6.45) is 4.56. The Hall–Kier alpha value is -2.31. The minimum Gasteiger partial charge on any atom is -0.421 e. The van der Waals surface area contributed by atoms with Crippen LogP contribution in [0.4, 0.5) is 0 Å². The molecule has 0 saturated carbocycles. The van der Waals surface area contributed by atoms with Crippen molar-refractivity contribution in [2.75, 3.05) is 6.61 Å². The summed E-state index contributed by atoms with van der Waals surface area (Å²) in [5, 5.41) is 11.4. The Morgan fingerprint density at radius 2 is 2.04 bits per heavy atom. The first-order valence-corrected chi connectivity index (χ1v) is 8.78. The molecule has 0 N–H and O–H groups in total. The fourth-order valence-corrected chi connectivity index (χ4v) is 3.47. The standard InChI is InChI=1S/C18H17N3O2S/c1-12-19-14(11-24-12)7-8-16-20-21-18(23-16)15-9-10-22-17(15)13-5-3-2-4-6-13/h2-8,11,15,17H,9-10H2,1H3/b8-7+/t15-,17+/m0/s1. The second-order valence-electron chi connectivity index (χ2n) is 5.70. The SMILES string of the molecule is Cc1nc(/C=C/c2nnc([C@H]3CCO[C@@H]3c3ccccc3)o2)cs1. The van der Waals surface area contributed by atoms with Crippen molar-refractivity contribution in [3.05, 3.63) is 63.8 Å². The van der Waals surface area contributed by atoms with Crippen LogP contribution < -0.4 is 0 Å². The van der Waals surface area contributed by atoms with Gasteiger partial charge in [0.25, 0.3) is 0 Å². The summed E-state index contributed by atoms with van der Waals surface area (Å²) < 4.78 is 11.7. The van der Waals surface area contributed by atoms with Gasteiger partial charge in [-0.2, -0.15) is 0 Å². The van der Waals surface area contributed by atoms with E-state index in [1.165, 1.54) is 0 Å². The van der Waals surface area contributed by atoms with Crippen LogP contribution in [-0.2, 0) is 4.74 Å². The number of nitrogens with zero attached hydrogens (tertiary/aromatic N) is 3. The van der Waals surface area contributed by atoms with Gasteiger partial charge in [-0.15, -0.1) is 21.5 Å². The number of thiazole rings is 1. The molecule has 1 aliphatic heterocycles. The van der Waals surface area contributed by atoms with Gasteiger partial charge in [0.1, 0.15) is 0 Å². The monoisotopic (exact) mass is 339 g/mol. The van der Waals surface area contributed by atoms with Gasteiger partial charge in [-0.05, 0) is 25.0 Å². The predicted molar refractivity (Wildman–Crippen MR) is 92.6 cm³/mol. The van der Waals surface area contributed by atoms with Crippen LogP contribution in [0.1, 0.15) is 46.5 Å². The third-order valence-electron chi connectivity index (χ3n) is 4.03. The molecule has 1 fully saturated rings. The summed E-state index contributed by atoms with van der Waals surface area (Å²) in [4.78, 5) is 4.38. The van der Waals surface area contributed by atoms with Gasteiger partial charge in [-0.1, -0.05) is 30.3 Å². The van der Waals surface area contributed by atoms with Crippen LogP contribution in [0.15, 0.2) is 40.1 Å². The Morgan fingerprint density at radius 3 is 2.83 bits per heavy atom. The number of aryl methyl sites for hydroxylation is 1. The molecule has 4 rings (SSSR count). The Labute approximate surface area is 144 Å². The minimum atomic E-state index is -0.0235. The molecule has 2 aromatic heterocycles. The number of hydrogen-bond donors (Lipinski definition) is 0. The molecule has 0 amide bonds. The number of benzene rings is 1. The fraction of sp³-hybridized carbons (Fsp3) is 0.278. The van der Waals surface area contributed by atoms with Gasteiger partial charge < -0.3 is 9.15 Å². The molecule has 1 aromatic carbocycles. The van der Waals surface area contributed by atoms with Crippen LogP contribution in [0.2, 0.25) is 0 Å². The van der Waals surface area contributed by atoms with E-state index in [4.69, 9.17) is 9.15 Å². The van der Waals surface area contributed by atoms with Crippen LogP contribution in [0.5, 0.6) is 0 Å². The van der Waals surface area contributed by atoms with Gasteiger partial charge >= 0.3 is 0 Å². The first-order valence-electron chi connectivity index (χ1n) is 7.90. The molecular formula is C18H17N3O2S. The van der Waals surface area contributed by atoms with Crippen molar-refractivity contribution in [2.24, 2.45) is 0 Å². The fourth-order valence-electron chi connectivity index (χ4n) is 2.89.